The van der Waals surface area contributed by atoms with Crippen LogP contribution in [0.5, 0.6) is 0 Å². The first-order chi connectivity index (χ1) is 18.1. The Morgan fingerprint density at radius 1 is 0.974 bits per heavy atom. The van der Waals surface area contributed by atoms with Crippen LogP contribution in [0.25, 0.3) is 0 Å². The van der Waals surface area contributed by atoms with Crippen molar-refractivity contribution < 1.29 is 17.6 Å². The smallest absolute Gasteiger partial charge is 0.231 e. The van der Waals surface area contributed by atoms with Crippen molar-refractivity contribution in [1.82, 2.24) is 9.62 Å². The number of nitrogens with zero attached hydrogens (tertiary/aromatic N) is 2. The number of amides is 1. The molecule has 2 aliphatic heterocycles. The number of hydrogen-bond donors (Lipinski definition) is 1. The number of aryl methyl sites for hydroxylation is 2. The van der Waals surface area contributed by atoms with Crippen molar-refractivity contribution in [3.63, 3.8) is 0 Å². The van der Waals surface area contributed by atoms with E-state index in [0.717, 1.165) is 65.4 Å². The van der Waals surface area contributed by atoms with E-state index in [9.17, 15) is 13.2 Å². The van der Waals surface area contributed by atoms with Crippen LogP contribution in [0.15, 0.2) is 52.9 Å². The molecule has 1 aromatic heterocycles. The van der Waals surface area contributed by atoms with Gasteiger partial charge in [-0.05, 0) is 80.0 Å². The van der Waals surface area contributed by atoms with Gasteiger partial charge >= 0.3 is 0 Å². The van der Waals surface area contributed by atoms with E-state index in [-0.39, 0.29) is 5.91 Å². The largest absolute Gasteiger partial charge is 0.464 e. The third kappa shape index (κ3) is 4.54. The molecule has 1 unspecified atom stereocenters. The summed E-state index contributed by atoms with van der Waals surface area (Å²) >= 11 is 0. The van der Waals surface area contributed by atoms with Crippen molar-refractivity contribution >= 4 is 21.6 Å². The monoisotopic (exact) mass is 533 g/mol. The van der Waals surface area contributed by atoms with Crippen LogP contribution in [-0.2, 0) is 33.3 Å². The minimum Gasteiger partial charge on any atom is -0.464 e. The second-order valence-electron chi connectivity index (χ2n) is 11.2. The standard InChI is InChI=1S/C30H35N3O4S/c1-20-6-10-25(26(16-20)32-14-4-5-15-32)28(27-11-7-21(2)37-27)31-29(34)30(12-13-30)24-9-8-22-18-33(38(3,35)36)19-23(22)17-24/h6-11,16-17,28H,4-5,12-15,18-19H2,1-3H3,(H,31,34). The van der Waals surface area contributed by atoms with Crippen molar-refractivity contribution in [1.29, 1.82) is 0 Å². The van der Waals surface area contributed by atoms with E-state index < -0.39 is 21.5 Å². The minimum absolute atomic E-state index is 0.0117. The number of hydrogen-bond acceptors (Lipinski definition) is 5. The molecule has 8 heteroatoms. The molecule has 1 amide bonds. The van der Waals surface area contributed by atoms with Gasteiger partial charge in [0.25, 0.3) is 0 Å². The maximum Gasteiger partial charge on any atom is 0.231 e. The average molecular weight is 534 g/mol. The SMILES string of the molecule is Cc1ccc(C(NC(=O)C2(c3ccc4c(c3)CN(S(C)(=O)=O)C4)CC2)c2ccc(C)o2)c(N2CCCC2)c1. The Morgan fingerprint density at radius 3 is 2.37 bits per heavy atom. The molecule has 1 aliphatic carbocycles. The molecule has 2 aromatic carbocycles. The van der Waals surface area contributed by atoms with Crippen LogP contribution in [0.3, 0.4) is 0 Å². The van der Waals surface area contributed by atoms with Crippen LogP contribution in [0, 0.1) is 13.8 Å². The Bertz CT molecular complexity index is 1500. The lowest BCUT2D eigenvalue weighted by Crippen LogP contribution is -2.38. The summed E-state index contributed by atoms with van der Waals surface area (Å²) in [6.07, 6.45) is 5.12. The van der Waals surface area contributed by atoms with Crippen molar-refractivity contribution in [2.75, 3.05) is 24.2 Å². The first kappa shape index (κ1) is 25.2. The summed E-state index contributed by atoms with van der Waals surface area (Å²) in [5, 5.41) is 3.38. The molecule has 3 heterocycles. The van der Waals surface area contributed by atoms with Gasteiger partial charge in [-0.25, -0.2) is 8.42 Å². The van der Waals surface area contributed by atoms with E-state index >= 15 is 0 Å². The number of sulfonamides is 1. The van der Waals surface area contributed by atoms with E-state index in [1.54, 1.807) is 0 Å². The normalized spacial score (nSPS) is 19.4. The number of fused-ring (bicyclic) bond motifs is 1. The molecule has 1 saturated carbocycles. The lowest BCUT2D eigenvalue weighted by atomic mass is 9.91. The summed E-state index contributed by atoms with van der Waals surface area (Å²) in [5.74, 6) is 1.53. The van der Waals surface area contributed by atoms with Gasteiger partial charge in [-0.15, -0.1) is 0 Å². The number of carbonyl (C=O) groups is 1. The molecule has 38 heavy (non-hydrogen) atoms. The molecule has 2 fully saturated rings. The molecule has 0 spiro atoms. The lowest BCUT2D eigenvalue weighted by molar-refractivity contribution is -0.124. The maximum atomic E-state index is 14.0. The highest BCUT2D eigenvalue weighted by Gasteiger charge is 2.52. The third-order valence-corrected chi connectivity index (χ3v) is 9.57. The van der Waals surface area contributed by atoms with Crippen LogP contribution in [0.1, 0.15) is 71.1 Å². The van der Waals surface area contributed by atoms with Crippen molar-refractivity contribution in [3.05, 3.63) is 87.9 Å². The average Bonchev–Trinajstić information content (AvgIpc) is 3.22. The zero-order chi connectivity index (χ0) is 26.7. The minimum atomic E-state index is -3.27. The topological polar surface area (TPSA) is 82.9 Å². The van der Waals surface area contributed by atoms with Gasteiger partial charge in [-0.2, -0.15) is 4.31 Å². The zero-order valence-electron chi connectivity index (χ0n) is 22.3. The van der Waals surface area contributed by atoms with Gasteiger partial charge in [-0.1, -0.05) is 30.3 Å². The first-order valence-electron chi connectivity index (χ1n) is 13.4. The van der Waals surface area contributed by atoms with E-state index in [0.29, 0.717) is 13.1 Å². The highest BCUT2D eigenvalue weighted by molar-refractivity contribution is 7.88. The molecule has 1 atom stereocenters. The Kier molecular flexibility index (Phi) is 6.15. The van der Waals surface area contributed by atoms with Gasteiger partial charge in [0, 0.05) is 37.4 Å². The van der Waals surface area contributed by atoms with Crippen molar-refractivity contribution in [2.24, 2.45) is 0 Å². The number of furan rings is 1. The number of nitrogens with one attached hydrogen (secondary N) is 1. The van der Waals surface area contributed by atoms with E-state index in [4.69, 9.17) is 4.42 Å². The third-order valence-electron chi connectivity index (χ3n) is 8.37. The fourth-order valence-electron chi connectivity index (χ4n) is 5.98. The second-order valence-corrected chi connectivity index (χ2v) is 13.2. The highest BCUT2D eigenvalue weighted by atomic mass is 32.2. The summed E-state index contributed by atoms with van der Waals surface area (Å²) < 4.78 is 31.8. The molecule has 6 rings (SSSR count). The van der Waals surface area contributed by atoms with Gasteiger partial charge in [-0.3, -0.25) is 4.79 Å². The summed E-state index contributed by atoms with van der Waals surface area (Å²) in [7, 11) is -3.27. The quantitative estimate of drug-likeness (QED) is 0.476. The zero-order valence-corrected chi connectivity index (χ0v) is 23.1. The van der Waals surface area contributed by atoms with Gasteiger partial charge in [0.15, 0.2) is 0 Å². The van der Waals surface area contributed by atoms with Crippen molar-refractivity contribution in [3.8, 4) is 0 Å². The molecule has 7 nitrogen and oxygen atoms in total. The fraction of sp³-hybridized carbons (Fsp3) is 0.433. The molecule has 3 aromatic rings. The molecular weight excluding hydrogens is 498 g/mol. The first-order valence-corrected chi connectivity index (χ1v) is 15.3. The number of carbonyl (C=O) groups excluding carboxylic acids is 1. The van der Waals surface area contributed by atoms with Gasteiger partial charge in [0.05, 0.1) is 11.7 Å². The highest BCUT2D eigenvalue weighted by Crippen LogP contribution is 2.50. The van der Waals surface area contributed by atoms with E-state index in [1.807, 2.05) is 37.3 Å². The number of benzene rings is 2. The number of anilines is 1. The molecule has 3 aliphatic rings. The van der Waals surface area contributed by atoms with E-state index in [1.165, 1.54) is 29.0 Å². The van der Waals surface area contributed by atoms with E-state index in [2.05, 4.69) is 35.3 Å². The Labute approximate surface area is 224 Å². The molecule has 200 valence electrons. The van der Waals surface area contributed by atoms with Crippen LogP contribution in [0.2, 0.25) is 0 Å². The fourth-order valence-corrected chi connectivity index (χ4v) is 6.72. The van der Waals surface area contributed by atoms with Crippen molar-refractivity contribution in [2.45, 2.75) is 64.1 Å². The molecular formula is C30H35N3O4S. The summed E-state index contributed by atoms with van der Waals surface area (Å²) in [6, 6.07) is 16.0. The molecule has 1 N–H and O–H groups in total. The van der Waals surface area contributed by atoms with Crippen LogP contribution in [0.4, 0.5) is 5.69 Å². The molecule has 1 saturated heterocycles. The number of rotatable bonds is 7. The van der Waals surface area contributed by atoms with Crippen LogP contribution < -0.4 is 10.2 Å². The Hall–Kier alpha value is -3.10. The predicted molar refractivity (Wildman–Crippen MR) is 148 cm³/mol. The Morgan fingerprint density at radius 2 is 1.71 bits per heavy atom. The van der Waals surface area contributed by atoms with Crippen LogP contribution >= 0.6 is 0 Å². The van der Waals surface area contributed by atoms with Crippen LogP contribution in [-0.4, -0.2) is 38.0 Å². The lowest BCUT2D eigenvalue weighted by Gasteiger charge is -2.28. The maximum absolute atomic E-state index is 14.0. The second kappa shape index (κ2) is 9.27. The summed E-state index contributed by atoms with van der Waals surface area (Å²) in [5.41, 5.74) is 5.75. The van der Waals surface area contributed by atoms with Gasteiger partial charge < -0.3 is 14.6 Å². The summed E-state index contributed by atoms with van der Waals surface area (Å²) in [4.78, 5) is 16.5. The molecule has 0 bridgehead atoms. The van der Waals surface area contributed by atoms with Gasteiger partial charge in [0.1, 0.15) is 17.6 Å². The predicted octanol–water partition coefficient (Wildman–Crippen LogP) is 4.71. The Balaban J connectivity index is 1.33. The summed E-state index contributed by atoms with van der Waals surface area (Å²) in [6.45, 7) is 6.80. The van der Waals surface area contributed by atoms with Gasteiger partial charge in [0.2, 0.25) is 15.9 Å². The molecule has 0 radical (unpaired) electrons.